The molecule has 2 rings (SSSR count). The molecule has 2 aromatic rings. The minimum atomic E-state index is -0.0631. The van der Waals surface area contributed by atoms with Crippen molar-refractivity contribution in [2.75, 3.05) is 12.4 Å². The number of benzene rings is 2. The van der Waals surface area contributed by atoms with Crippen molar-refractivity contribution >= 4 is 40.9 Å². The number of nitrogens with one attached hydrogen (secondary N) is 1. The van der Waals surface area contributed by atoms with Crippen LogP contribution in [0.4, 0.5) is 0 Å². The van der Waals surface area contributed by atoms with E-state index in [0.29, 0.717) is 28.2 Å². The second kappa shape index (κ2) is 9.95. The summed E-state index contributed by atoms with van der Waals surface area (Å²) in [5.41, 5.74) is 2.05. The Morgan fingerprint density at radius 1 is 1.24 bits per heavy atom. The molecule has 0 fully saturated rings. The van der Waals surface area contributed by atoms with Crippen molar-refractivity contribution in [2.24, 2.45) is 0 Å². The van der Waals surface area contributed by atoms with Crippen LogP contribution in [0.5, 0.6) is 5.75 Å². The fourth-order valence-electron chi connectivity index (χ4n) is 2.18. The summed E-state index contributed by atoms with van der Waals surface area (Å²) in [5, 5.41) is 4.18. The van der Waals surface area contributed by atoms with E-state index in [1.54, 1.807) is 12.1 Å². The Hall–Kier alpha value is -1.36. The second-order valence-corrected chi connectivity index (χ2v) is 7.60. The number of carbonyl (C=O) groups is 1. The van der Waals surface area contributed by atoms with Crippen molar-refractivity contribution in [2.45, 2.75) is 25.6 Å². The van der Waals surface area contributed by atoms with E-state index in [-0.39, 0.29) is 11.9 Å². The average molecular weight is 398 g/mol. The van der Waals surface area contributed by atoms with Crippen LogP contribution in [0.1, 0.15) is 18.1 Å². The number of amides is 1. The quantitative estimate of drug-likeness (QED) is 0.671. The van der Waals surface area contributed by atoms with E-state index in [0.717, 1.165) is 16.9 Å². The molecular formula is C19H21Cl2NO2S. The van der Waals surface area contributed by atoms with Gasteiger partial charge in [-0.2, -0.15) is 0 Å². The summed E-state index contributed by atoms with van der Waals surface area (Å²) in [5.74, 6) is 1.86. The highest BCUT2D eigenvalue weighted by atomic mass is 35.5. The van der Waals surface area contributed by atoms with Crippen LogP contribution in [0.25, 0.3) is 0 Å². The number of thioether (sulfide) groups is 1. The fraction of sp³-hybridized carbons (Fsp3) is 0.316. The molecule has 3 nitrogen and oxygen atoms in total. The molecule has 0 aromatic heterocycles. The zero-order valence-electron chi connectivity index (χ0n) is 14.2. The van der Waals surface area contributed by atoms with Gasteiger partial charge in [-0.15, -0.1) is 11.8 Å². The van der Waals surface area contributed by atoms with E-state index in [1.807, 2.05) is 44.2 Å². The van der Waals surface area contributed by atoms with E-state index in [9.17, 15) is 4.79 Å². The molecular weight excluding hydrogens is 377 g/mol. The number of hydrogen-bond acceptors (Lipinski definition) is 3. The van der Waals surface area contributed by atoms with E-state index in [4.69, 9.17) is 27.9 Å². The molecule has 1 amide bonds. The summed E-state index contributed by atoms with van der Waals surface area (Å²) in [6, 6.07) is 13.2. The molecule has 1 atom stereocenters. The molecule has 0 aliphatic heterocycles. The molecule has 25 heavy (non-hydrogen) atoms. The van der Waals surface area contributed by atoms with Crippen LogP contribution < -0.4 is 10.1 Å². The van der Waals surface area contributed by atoms with Crippen LogP contribution in [0.2, 0.25) is 10.0 Å². The Kier molecular flexibility index (Phi) is 7.94. The van der Waals surface area contributed by atoms with Gasteiger partial charge in [-0.25, -0.2) is 0 Å². The van der Waals surface area contributed by atoms with Crippen LogP contribution in [-0.4, -0.2) is 24.3 Å². The highest BCUT2D eigenvalue weighted by Crippen LogP contribution is 2.24. The van der Waals surface area contributed by atoms with E-state index < -0.39 is 0 Å². The first-order valence-electron chi connectivity index (χ1n) is 7.95. The molecule has 1 unspecified atom stereocenters. The number of halogens is 2. The van der Waals surface area contributed by atoms with Gasteiger partial charge in [-0.1, -0.05) is 47.5 Å². The normalized spacial score (nSPS) is 11.8. The topological polar surface area (TPSA) is 38.3 Å². The van der Waals surface area contributed by atoms with Gasteiger partial charge in [0.2, 0.25) is 5.91 Å². The lowest BCUT2D eigenvalue weighted by Crippen LogP contribution is -2.37. The first-order valence-corrected chi connectivity index (χ1v) is 9.86. The second-order valence-electron chi connectivity index (χ2n) is 5.77. The predicted molar refractivity (Wildman–Crippen MR) is 107 cm³/mol. The van der Waals surface area contributed by atoms with Gasteiger partial charge >= 0.3 is 0 Å². The molecule has 0 bridgehead atoms. The van der Waals surface area contributed by atoms with Crippen molar-refractivity contribution in [3.8, 4) is 5.75 Å². The first kappa shape index (κ1) is 20.0. The van der Waals surface area contributed by atoms with Gasteiger partial charge in [0.1, 0.15) is 12.4 Å². The Bertz CT molecular complexity index is 724. The lowest BCUT2D eigenvalue weighted by molar-refractivity contribution is -0.119. The lowest BCUT2D eigenvalue weighted by Gasteiger charge is -2.16. The number of rotatable bonds is 8. The number of hydrogen-bond donors (Lipinski definition) is 1. The fourth-order valence-corrected chi connectivity index (χ4v) is 3.58. The largest absolute Gasteiger partial charge is 0.491 e. The van der Waals surface area contributed by atoms with Gasteiger partial charge in [0.25, 0.3) is 0 Å². The van der Waals surface area contributed by atoms with Crippen LogP contribution in [-0.2, 0) is 10.5 Å². The van der Waals surface area contributed by atoms with Crippen LogP contribution in [0.3, 0.4) is 0 Å². The monoisotopic (exact) mass is 397 g/mol. The third kappa shape index (κ3) is 6.81. The number of para-hydroxylation sites is 1. The third-order valence-corrected chi connectivity index (χ3v) is 5.06. The van der Waals surface area contributed by atoms with E-state index in [2.05, 4.69) is 5.32 Å². The van der Waals surface area contributed by atoms with E-state index >= 15 is 0 Å². The highest BCUT2D eigenvalue weighted by molar-refractivity contribution is 7.99. The molecule has 1 N–H and O–H groups in total. The summed E-state index contributed by atoms with van der Waals surface area (Å²) in [4.78, 5) is 12.0. The van der Waals surface area contributed by atoms with Crippen LogP contribution in [0.15, 0.2) is 42.5 Å². The highest BCUT2D eigenvalue weighted by Gasteiger charge is 2.10. The number of aryl methyl sites for hydroxylation is 1. The summed E-state index contributed by atoms with van der Waals surface area (Å²) in [6.07, 6.45) is 0. The number of carbonyl (C=O) groups excluding carboxylic acids is 1. The van der Waals surface area contributed by atoms with Gasteiger partial charge < -0.3 is 10.1 Å². The van der Waals surface area contributed by atoms with Crippen molar-refractivity contribution < 1.29 is 9.53 Å². The summed E-state index contributed by atoms with van der Waals surface area (Å²) < 4.78 is 5.75. The van der Waals surface area contributed by atoms with Gasteiger partial charge in [-0.3, -0.25) is 4.79 Å². The minimum Gasteiger partial charge on any atom is -0.491 e. The van der Waals surface area contributed by atoms with Crippen molar-refractivity contribution in [3.63, 3.8) is 0 Å². The Morgan fingerprint density at radius 3 is 2.72 bits per heavy atom. The maximum absolute atomic E-state index is 12.0. The van der Waals surface area contributed by atoms with Crippen LogP contribution in [0, 0.1) is 6.92 Å². The molecule has 0 spiro atoms. The molecule has 0 saturated carbocycles. The average Bonchev–Trinajstić information content (AvgIpc) is 2.56. The van der Waals surface area contributed by atoms with Crippen molar-refractivity contribution in [1.82, 2.24) is 5.32 Å². The predicted octanol–water partition coefficient (Wildman–Crippen LogP) is 5.12. The van der Waals surface area contributed by atoms with E-state index in [1.165, 1.54) is 11.8 Å². The molecule has 0 heterocycles. The first-order chi connectivity index (χ1) is 12.0. The maximum Gasteiger partial charge on any atom is 0.230 e. The third-order valence-electron chi connectivity index (χ3n) is 3.50. The molecule has 0 radical (unpaired) electrons. The molecule has 0 aliphatic carbocycles. The maximum atomic E-state index is 12.0. The molecule has 2 aromatic carbocycles. The molecule has 134 valence electrons. The Morgan fingerprint density at radius 2 is 2.00 bits per heavy atom. The number of ether oxygens (including phenoxy) is 1. The van der Waals surface area contributed by atoms with Crippen LogP contribution >= 0.6 is 35.0 Å². The Labute approximate surface area is 163 Å². The zero-order chi connectivity index (χ0) is 18.2. The van der Waals surface area contributed by atoms with Gasteiger partial charge in [0, 0.05) is 15.8 Å². The molecule has 6 heteroatoms. The molecule has 0 aliphatic rings. The van der Waals surface area contributed by atoms with Gasteiger partial charge in [0.05, 0.1) is 11.8 Å². The summed E-state index contributed by atoms with van der Waals surface area (Å²) in [7, 11) is 0. The lowest BCUT2D eigenvalue weighted by atomic mass is 10.2. The Balaban J connectivity index is 1.70. The summed E-state index contributed by atoms with van der Waals surface area (Å²) in [6.45, 7) is 4.36. The van der Waals surface area contributed by atoms with Crippen molar-refractivity contribution in [3.05, 3.63) is 63.6 Å². The SMILES string of the molecule is Cc1ccccc1OCC(C)NC(=O)CSCc1ccc(Cl)cc1Cl. The smallest absolute Gasteiger partial charge is 0.230 e. The van der Waals surface area contributed by atoms with Gasteiger partial charge in [0.15, 0.2) is 0 Å². The van der Waals surface area contributed by atoms with Crippen molar-refractivity contribution in [1.29, 1.82) is 0 Å². The van der Waals surface area contributed by atoms with Gasteiger partial charge in [-0.05, 0) is 43.2 Å². The minimum absolute atomic E-state index is 0.0176. The zero-order valence-corrected chi connectivity index (χ0v) is 16.5. The summed E-state index contributed by atoms with van der Waals surface area (Å²) >= 11 is 13.5. The standard InChI is InChI=1S/C19H21Cl2NO2S/c1-13-5-3-4-6-18(13)24-10-14(2)22-19(23)12-25-11-15-7-8-16(20)9-17(15)21/h3-9,14H,10-12H2,1-2H3,(H,22,23). The molecule has 0 saturated heterocycles.